The van der Waals surface area contributed by atoms with Crippen LogP contribution in [0.5, 0.6) is 0 Å². The molecule has 1 aromatic rings. The van der Waals surface area contributed by atoms with Crippen LogP contribution in [-0.4, -0.2) is 21.6 Å². The first-order valence-corrected chi connectivity index (χ1v) is 7.68. The molecule has 3 nitrogen and oxygen atoms in total. The first-order chi connectivity index (χ1) is 9.83. The van der Waals surface area contributed by atoms with Crippen molar-refractivity contribution in [1.29, 1.82) is 0 Å². The SMILES string of the molecule is BNCC1CCC(/C=C/Nc2ccccc2NC)CC1. The average Bonchev–Trinajstić information content (AvgIpc) is 2.50. The highest BCUT2D eigenvalue weighted by Gasteiger charge is 2.18. The third-order valence-electron chi connectivity index (χ3n) is 4.19. The fourth-order valence-electron chi connectivity index (χ4n) is 2.97. The lowest BCUT2D eigenvalue weighted by molar-refractivity contribution is 0.311. The van der Waals surface area contributed by atoms with Crippen molar-refractivity contribution in [1.82, 2.24) is 5.23 Å². The number of anilines is 2. The maximum atomic E-state index is 3.39. The fraction of sp³-hybridized carbons (Fsp3) is 0.500. The molecular formula is C16H26BN3. The number of benzene rings is 1. The van der Waals surface area contributed by atoms with E-state index in [1.165, 1.54) is 32.2 Å². The highest BCUT2D eigenvalue weighted by atomic mass is 14.9. The summed E-state index contributed by atoms with van der Waals surface area (Å²) in [5.74, 6) is 1.61. The van der Waals surface area contributed by atoms with Gasteiger partial charge in [-0.15, -0.1) is 0 Å². The quantitative estimate of drug-likeness (QED) is 0.696. The molecule has 1 aromatic carbocycles. The van der Waals surface area contributed by atoms with Crippen molar-refractivity contribution < 1.29 is 0 Å². The molecule has 0 spiro atoms. The van der Waals surface area contributed by atoms with Crippen molar-refractivity contribution in [3.8, 4) is 0 Å². The standard InChI is InChI=1S/C16H26BN3/c1-18-15-4-2-3-5-16(15)19-11-10-13-6-8-14(9-7-13)12-20-17/h2-5,10-11,13-14,18-20H,6-9,12,17H2,1H3/b11-10+. The molecule has 0 heterocycles. The Morgan fingerprint density at radius 1 is 1.15 bits per heavy atom. The van der Waals surface area contributed by atoms with Gasteiger partial charge in [0.1, 0.15) is 0 Å². The number of para-hydroxylation sites is 2. The Labute approximate surface area is 123 Å². The number of rotatable bonds is 6. The van der Waals surface area contributed by atoms with E-state index in [0.717, 1.165) is 23.2 Å². The van der Waals surface area contributed by atoms with E-state index in [0.29, 0.717) is 0 Å². The van der Waals surface area contributed by atoms with Crippen LogP contribution < -0.4 is 15.9 Å². The Hall–Kier alpha value is -1.42. The lowest BCUT2D eigenvalue weighted by Crippen LogP contribution is -2.24. The second-order valence-corrected chi connectivity index (χ2v) is 5.64. The fourth-order valence-corrected chi connectivity index (χ4v) is 2.97. The van der Waals surface area contributed by atoms with Crippen LogP contribution >= 0.6 is 0 Å². The lowest BCUT2D eigenvalue weighted by Gasteiger charge is -2.26. The molecule has 2 rings (SSSR count). The average molecular weight is 271 g/mol. The highest BCUT2D eigenvalue weighted by molar-refractivity contribution is 6.04. The van der Waals surface area contributed by atoms with Crippen molar-refractivity contribution in [2.75, 3.05) is 24.2 Å². The Morgan fingerprint density at radius 2 is 1.85 bits per heavy atom. The highest BCUT2D eigenvalue weighted by Crippen LogP contribution is 2.29. The van der Waals surface area contributed by atoms with Crippen LogP contribution in [-0.2, 0) is 0 Å². The van der Waals surface area contributed by atoms with E-state index < -0.39 is 0 Å². The van der Waals surface area contributed by atoms with Gasteiger partial charge in [-0.1, -0.05) is 18.2 Å². The maximum Gasteiger partial charge on any atom is 0.181 e. The summed E-state index contributed by atoms with van der Waals surface area (Å²) >= 11 is 0. The van der Waals surface area contributed by atoms with E-state index >= 15 is 0 Å². The van der Waals surface area contributed by atoms with Crippen LogP contribution in [0.1, 0.15) is 25.7 Å². The smallest absolute Gasteiger partial charge is 0.181 e. The third-order valence-corrected chi connectivity index (χ3v) is 4.19. The van der Waals surface area contributed by atoms with Crippen LogP contribution in [0.3, 0.4) is 0 Å². The normalized spacial score (nSPS) is 22.9. The monoisotopic (exact) mass is 271 g/mol. The van der Waals surface area contributed by atoms with Crippen LogP contribution in [0.25, 0.3) is 0 Å². The molecule has 1 fully saturated rings. The minimum absolute atomic E-state index is 0.734. The van der Waals surface area contributed by atoms with Crippen molar-refractivity contribution in [2.24, 2.45) is 11.8 Å². The van der Waals surface area contributed by atoms with E-state index in [1.807, 2.05) is 13.1 Å². The van der Waals surface area contributed by atoms with Crippen LogP contribution in [0.15, 0.2) is 36.5 Å². The number of allylic oxidation sites excluding steroid dienone is 1. The van der Waals surface area contributed by atoms with Gasteiger partial charge in [-0.2, -0.15) is 0 Å². The zero-order valence-electron chi connectivity index (χ0n) is 12.7. The topological polar surface area (TPSA) is 36.1 Å². The van der Waals surface area contributed by atoms with Crippen molar-refractivity contribution in [3.63, 3.8) is 0 Å². The number of nitrogens with one attached hydrogen (secondary N) is 3. The van der Waals surface area contributed by atoms with E-state index in [1.54, 1.807) is 0 Å². The molecule has 1 aliphatic rings. The van der Waals surface area contributed by atoms with Crippen molar-refractivity contribution in [3.05, 3.63) is 36.5 Å². The Bertz CT molecular complexity index is 425. The summed E-state index contributed by atoms with van der Waals surface area (Å²) in [5.41, 5.74) is 2.27. The Balaban J connectivity index is 1.79. The van der Waals surface area contributed by atoms with Gasteiger partial charge in [0, 0.05) is 7.05 Å². The summed E-state index contributed by atoms with van der Waals surface area (Å²) in [6.45, 7) is 1.17. The Kier molecular flexibility index (Phi) is 6.00. The first kappa shape index (κ1) is 15.0. The molecule has 4 heteroatoms. The molecule has 0 atom stereocenters. The van der Waals surface area contributed by atoms with Gasteiger partial charge in [0.05, 0.1) is 11.4 Å². The van der Waals surface area contributed by atoms with Crippen LogP contribution in [0.2, 0.25) is 0 Å². The summed E-state index contributed by atoms with van der Waals surface area (Å²) in [6.07, 6.45) is 9.78. The largest absolute Gasteiger partial charge is 0.386 e. The predicted molar refractivity (Wildman–Crippen MR) is 90.7 cm³/mol. The molecule has 0 bridgehead atoms. The summed E-state index contributed by atoms with van der Waals surface area (Å²) in [5, 5.41) is 9.89. The molecule has 0 aromatic heterocycles. The van der Waals surface area contributed by atoms with E-state index in [4.69, 9.17) is 0 Å². The van der Waals surface area contributed by atoms with E-state index in [-0.39, 0.29) is 0 Å². The zero-order chi connectivity index (χ0) is 14.2. The summed E-state index contributed by atoms with van der Waals surface area (Å²) in [6, 6.07) is 8.28. The molecule has 0 unspecified atom stereocenters. The summed E-state index contributed by atoms with van der Waals surface area (Å²) in [7, 11) is 4.00. The molecule has 0 amide bonds. The van der Waals surface area contributed by atoms with Gasteiger partial charge in [0.2, 0.25) is 0 Å². The summed E-state index contributed by atoms with van der Waals surface area (Å²) in [4.78, 5) is 0. The molecule has 108 valence electrons. The summed E-state index contributed by atoms with van der Waals surface area (Å²) < 4.78 is 0. The maximum absolute atomic E-state index is 3.39. The van der Waals surface area contributed by atoms with Gasteiger partial charge in [0.25, 0.3) is 0 Å². The number of hydrogen-bond donors (Lipinski definition) is 3. The van der Waals surface area contributed by atoms with Crippen LogP contribution in [0.4, 0.5) is 11.4 Å². The first-order valence-electron chi connectivity index (χ1n) is 7.68. The molecule has 0 radical (unpaired) electrons. The molecule has 20 heavy (non-hydrogen) atoms. The second-order valence-electron chi connectivity index (χ2n) is 5.64. The Morgan fingerprint density at radius 3 is 2.50 bits per heavy atom. The van der Waals surface area contributed by atoms with Gasteiger partial charge in [-0.05, 0) is 62.4 Å². The van der Waals surface area contributed by atoms with Gasteiger partial charge in [0.15, 0.2) is 7.98 Å². The lowest BCUT2D eigenvalue weighted by atomic mass is 9.82. The molecular weight excluding hydrogens is 245 g/mol. The minimum Gasteiger partial charge on any atom is -0.386 e. The van der Waals surface area contributed by atoms with Gasteiger partial charge in [-0.25, -0.2) is 0 Å². The van der Waals surface area contributed by atoms with E-state index in [9.17, 15) is 0 Å². The number of hydrogen-bond acceptors (Lipinski definition) is 3. The molecule has 3 N–H and O–H groups in total. The molecule has 0 saturated heterocycles. The third kappa shape index (κ3) is 4.31. The van der Waals surface area contributed by atoms with Gasteiger partial charge >= 0.3 is 0 Å². The minimum atomic E-state index is 0.734. The molecule has 1 saturated carbocycles. The van der Waals surface area contributed by atoms with Gasteiger partial charge in [-0.3, -0.25) is 0 Å². The zero-order valence-corrected chi connectivity index (χ0v) is 12.7. The molecule has 1 aliphatic carbocycles. The van der Waals surface area contributed by atoms with E-state index in [2.05, 4.69) is 54.3 Å². The van der Waals surface area contributed by atoms with Crippen LogP contribution in [0, 0.1) is 11.8 Å². The van der Waals surface area contributed by atoms with Crippen molar-refractivity contribution in [2.45, 2.75) is 25.7 Å². The molecule has 0 aliphatic heterocycles. The van der Waals surface area contributed by atoms with Crippen molar-refractivity contribution >= 4 is 19.4 Å². The second kappa shape index (κ2) is 8.00. The van der Waals surface area contributed by atoms with Gasteiger partial charge < -0.3 is 15.9 Å². The predicted octanol–water partition coefficient (Wildman–Crippen LogP) is 2.60.